The van der Waals surface area contributed by atoms with E-state index in [0.29, 0.717) is 6.04 Å². The quantitative estimate of drug-likeness (QED) is 0.801. The lowest BCUT2D eigenvalue weighted by atomic mass is 10.1. The van der Waals surface area contributed by atoms with Crippen LogP contribution in [0.1, 0.15) is 45.2 Å². The van der Waals surface area contributed by atoms with Gasteiger partial charge in [0.1, 0.15) is 0 Å². The predicted molar refractivity (Wildman–Crippen MR) is 88.7 cm³/mol. The van der Waals surface area contributed by atoms with E-state index in [9.17, 15) is 0 Å². The molecule has 0 aromatic heterocycles. The highest BCUT2D eigenvalue weighted by molar-refractivity contribution is 6.31. The topological polar surface area (TPSA) is 15.3 Å². The molecule has 0 fully saturated rings. The molecule has 0 spiro atoms. The number of halogens is 1. The summed E-state index contributed by atoms with van der Waals surface area (Å²) in [5.41, 5.74) is 3.90. The fourth-order valence-corrected chi connectivity index (χ4v) is 2.88. The number of rotatable bonds is 5. The molecule has 1 N–H and O–H groups in total. The predicted octanol–water partition coefficient (Wildman–Crippen LogP) is 4.56. The summed E-state index contributed by atoms with van der Waals surface area (Å²) in [6, 6.07) is 6.77. The Bertz CT molecular complexity index is 482. The minimum atomic E-state index is 0.306. The van der Waals surface area contributed by atoms with Gasteiger partial charge in [-0.3, -0.25) is 0 Å². The van der Waals surface area contributed by atoms with Crippen molar-refractivity contribution in [2.24, 2.45) is 0 Å². The molecule has 0 bridgehead atoms. The Kier molecular flexibility index (Phi) is 5.50. The second-order valence-corrected chi connectivity index (χ2v) is 6.04. The standard InChI is InChI=1S/C17H25ClN2/c1-4-9-19-14(3)16-6-5-15(12-17(16)18)20-10-7-13(2)8-11-20/h5-7,12,14,19H,4,8-11H2,1-3H3. The Morgan fingerprint density at radius 1 is 1.40 bits per heavy atom. The Labute approximate surface area is 127 Å². The lowest BCUT2D eigenvalue weighted by molar-refractivity contribution is 0.571. The first kappa shape index (κ1) is 15.4. The maximum Gasteiger partial charge on any atom is 0.0474 e. The first-order valence-electron chi connectivity index (χ1n) is 7.55. The van der Waals surface area contributed by atoms with E-state index in [2.05, 4.69) is 55.3 Å². The SMILES string of the molecule is CCCNC(C)c1ccc(N2CC=C(C)CC2)cc1Cl. The van der Waals surface area contributed by atoms with Crippen LogP contribution < -0.4 is 10.2 Å². The van der Waals surface area contributed by atoms with Crippen molar-refractivity contribution in [3.05, 3.63) is 40.4 Å². The highest BCUT2D eigenvalue weighted by atomic mass is 35.5. The van der Waals surface area contributed by atoms with Crippen LogP contribution in [0.3, 0.4) is 0 Å². The zero-order valence-corrected chi connectivity index (χ0v) is 13.5. The summed E-state index contributed by atoms with van der Waals surface area (Å²) in [5.74, 6) is 0. The van der Waals surface area contributed by atoms with E-state index in [-0.39, 0.29) is 0 Å². The maximum atomic E-state index is 6.47. The summed E-state index contributed by atoms with van der Waals surface area (Å²) in [5, 5.41) is 4.35. The van der Waals surface area contributed by atoms with Crippen molar-refractivity contribution >= 4 is 17.3 Å². The monoisotopic (exact) mass is 292 g/mol. The van der Waals surface area contributed by atoms with E-state index in [1.54, 1.807) is 0 Å². The third-order valence-electron chi connectivity index (χ3n) is 3.95. The van der Waals surface area contributed by atoms with Gasteiger partial charge < -0.3 is 10.2 Å². The fraction of sp³-hybridized carbons (Fsp3) is 0.529. The molecule has 0 aliphatic carbocycles. The molecule has 2 rings (SSSR count). The van der Waals surface area contributed by atoms with E-state index in [0.717, 1.165) is 37.5 Å². The Morgan fingerprint density at radius 3 is 2.80 bits per heavy atom. The van der Waals surface area contributed by atoms with Crippen molar-refractivity contribution in [2.45, 2.75) is 39.7 Å². The first-order valence-corrected chi connectivity index (χ1v) is 7.93. The summed E-state index contributed by atoms with van der Waals surface area (Å²) >= 11 is 6.47. The molecule has 110 valence electrons. The largest absolute Gasteiger partial charge is 0.367 e. The fourth-order valence-electron chi connectivity index (χ4n) is 2.54. The molecule has 1 aromatic rings. The average Bonchev–Trinajstić information content (AvgIpc) is 2.45. The van der Waals surface area contributed by atoms with Crippen molar-refractivity contribution < 1.29 is 0 Å². The molecule has 2 nitrogen and oxygen atoms in total. The van der Waals surface area contributed by atoms with Crippen LogP contribution >= 0.6 is 11.6 Å². The van der Waals surface area contributed by atoms with Gasteiger partial charge in [0.15, 0.2) is 0 Å². The molecule has 0 saturated carbocycles. The molecular formula is C17H25ClN2. The van der Waals surface area contributed by atoms with Gasteiger partial charge in [-0.25, -0.2) is 0 Å². The van der Waals surface area contributed by atoms with E-state index >= 15 is 0 Å². The lowest BCUT2D eigenvalue weighted by Crippen LogP contribution is -2.28. The molecule has 1 aromatic carbocycles. The molecule has 1 atom stereocenters. The third-order valence-corrected chi connectivity index (χ3v) is 4.28. The van der Waals surface area contributed by atoms with Crippen LogP contribution in [0.15, 0.2) is 29.8 Å². The van der Waals surface area contributed by atoms with Gasteiger partial charge in [0.05, 0.1) is 0 Å². The van der Waals surface area contributed by atoms with E-state index in [1.807, 2.05) is 0 Å². The van der Waals surface area contributed by atoms with Crippen LogP contribution in [-0.2, 0) is 0 Å². The molecule has 3 heteroatoms. The van der Waals surface area contributed by atoms with Gasteiger partial charge in [0.2, 0.25) is 0 Å². The Balaban J connectivity index is 2.09. The van der Waals surface area contributed by atoms with Crippen LogP contribution in [0.25, 0.3) is 0 Å². The Hall–Kier alpha value is -0.990. The van der Waals surface area contributed by atoms with Crippen molar-refractivity contribution in [1.29, 1.82) is 0 Å². The van der Waals surface area contributed by atoms with Crippen LogP contribution in [0.4, 0.5) is 5.69 Å². The zero-order chi connectivity index (χ0) is 14.5. The maximum absolute atomic E-state index is 6.47. The summed E-state index contributed by atoms with van der Waals surface area (Å²) in [6.07, 6.45) is 4.59. The number of hydrogen-bond donors (Lipinski definition) is 1. The number of anilines is 1. The number of hydrogen-bond acceptors (Lipinski definition) is 2. The average molecular weight is 293 g/mol. The van der Waals surface area contributed by atoms with Crippen molar-refractivity contribution in [3.8, 4) is 0 Å². The normalized spacial score (nSPS) is 17.0. The van der Waals surface area contributed by atoms with Gasteiger partial charge in [0.25, 0.3) is 0 Å². The van der Waals surface area contributed by atoms with Crippen LogP contribution in [0.2, 0.25) is 5.02 Å². The molecule has 1 aliphatic rings. The second kappa shape index (κ2) is 7.14. The second-order valence-electron chi connectivity index (χ2n) is 5.63. The lowest BCUT2D eigenvalue weighted by Gasteiger charge is -2.28. The Morgan fingerprint density at radius 2 is 2.20 bits per heavy atom. The molecular weight excluding hydrogens is 268 g/mol. The van der Waals surface area contributed by atoms with E-state index in [1.165, 1.54) is 16.8 Å². The van der Waals surface area contributed by atoms with Gasteiger partial charge in [-0.1, -0.05) is 36.2 Å². The van der Waals surface area contributed by atoms with Crippen molar-refractivity contribution in [3.63, 3.8) is 0 Å². The summed E-state index contributed by atoms with van der Waals surface area (Å²) in [7, 11) is 0. The van der Waals surface area contributed by atoms with Crippen molar-refractivity contribution in [2.75, 3.05) is 24.5 Å². The van der Waals surface area contributed by atoms with Crippen LogP contribution in [-0.4, -0.2) is 19.6 Å². The molecule has 1 aliphatic heterocycles. The van der Waals surface area contributed by atoms with E-state index in [4.69, 9.17) is 11.6 Å². The van der Waals surface area contributed by atoms with Gasteiger partial charge in [0, 0.05) is 29.8 Å². The minimum absolute atomic E-state index is 0.306. The van der Waals surface area contributed by atoms with Crippen LogP contribution in [0.5, 0.6) is 0 Å². The van der Waals surface area contributed by atoms with E-state index < -0.39 is 0 Å². The zero-order valence-electron chi connectivity index (χ0n) is 12.7. The third kappa shape index (κ3) is 3.77. The molecule has 1 heterocycles. The number of nitrogens with zero attached hydrogens (tertiary/aromatic N) is 1. The highest BCUT2D eigenvalue weighted by Gasteiger charge is 2.14. The molecule has 20 heavy (non-hydrogen) atoms. The summed E-state index contributed by atoms with van der Waals surface area (Å²) in [6.45, 7) is 9.65. The van der Waals surface area contributed by atoms with Gasteiger partial charge >= 0.3 is 0 Å². The highest BCUT2D eigenvalue weighted by Crippen LogP contribution is 2.29. The van der Waals surface area contributed by atoms with Gasteiger partial charge in [-0.15, -0.1) is 0 Å². The van der Waals surface area contributed by atoms with Gasteiger partial charge in [-0.05, 0) is 50.9 Å². The first-order chi connectivity index (χ1) is 9.61. The minimum Gasteiger partial charge on any atom is -0.367 e. The smallest absolute Gasteiger partial charge is 0.0474 e. The van der Waals surface area contributed by atoms with Crippen LogP contribution in [0, 0.1) is 0 Å². The summed E-state index contributed by atoms with van der Waals surface area (Å²) < 4.78 is 0. The molecule has 0 amide bonds. The number of benzene rings is 1. The molecule has 1 unspecified atom stereocenters. The molecule has 0 radical (unpaired) electrons. The van der Waals surface area contributed by atoms with Gasteiger partial charge in [-0.2, -0.15) is 0 Å². The molecule has 0 saturated heterocycles. The summed E-state index contributed by atoms with van der Waals surface area (Å²) in [4.78, 5) is 2.38. The number of nitrogens with one attached hydrogen (secondary N) is 1. The van der Waals surface area contributed by atoms with Crippen molar-refractivity contribution in [1.82, 2.24) is 5.32 Å².